The Morgan fingerprint density at radius 1 is 1.22 bits per heavy atom. The van der Waals surface area contributed by atoms with Gasteiger partial charge in [-0.25, -0.2) is 4.39 Å². The molecule has 0 saturated carbocycles. The van der Waals surface area contributed by atoms with E-state index in [9.17, 15) is 4.39 Å². The van der Waals surface area contributed by atoms with E-state index in [2.05, 4.69) is 21.2 Å². The summed E-state index contributed by atoms with van der Waals surface area (Å²) in [5.41, 5.74) is 2.89. The van der Waals surface area contributed by atoms with E-state index in [-0.39, 0.29) is 5.75 Å². The summed E-state index contributed by atoms with van der Waals surface area (Å²) < 4.78 is 14.1. The van der Waals surface area contributed by atoms with Crippen molar-refractivity contribution < 1.29 is 9.50 Å². The Labute approximate surface area is 114 Å². The van der Waals surface area contributed by atoms with Crippen molar-refractivity contribution in [1.29, 1.82) is 0 Å². The predicted molar refractivity (Wildman–Crippen MR) is 74.3 cm³/mol. The summed E-state index contributed by atoms with van der Waals surface area (Å²) in [6.45, 7) is 2.52. The highest BCUT2D eigenvalue weighted by molar-refractivity contribution is 9.10. The van der Waals surface area contributed by atoms with E-state index >= 15 is 0 Å². The third-order valence-corrected chi connectivity index (χ3v) is 3.01. The average Bonchev–Trinajstić information content (AvgIpc) is 2.29. The Morgan fingerprint density at radius 2 is 2.00 bits per heavy atom. The van der Waals surface area contributed by atoms with Gasteiger partial charge in [0.15, 0.2) is 11.6 Å². The summed E-state index contributed by atoms with van der Waals surface area (Å²) in [7, 11) is 0. The molecule has 0 atom stereocenters. The third-order valence-electron chi connectivity index (χ3n) is 2.55. The number of benzene rings is 2. The molecule has 0 aliphatic rings. The fourth-order valence-electron chi connectivity index (χ4n) is 1.70. The van der Waals surface area contributed by atoms with Crippen LogP contribution in [0.2, 0.25) is 0 Å². The zero-order valence-corrected chi connectivity index (χ0v) is 11.5. The molecule has 18 heavy (non-hydrogen) atoms. The van der Waals surface area contributed by atoms with Gasteiger partial charge in [-0.1, -0.05) is 22.0 Å². The van der Waals surface area contributed by atoms with E-state index in [0.717, 1.165) is 21.3 Å². The lowest BCUT2D eigenvalue weighted by molar-refractivity contribution is 0.432. The SMILES string of the molecule is Cc1cc(Br)cc(NCc2ccc(O)c(F)c2)c1. The van der Waals surface area contributed by atoms with Crippen LogP contribution in [0.25, 0.3) is 0 Å². The number of hydrogen-bond acceptors (Lipinski definition) is 2. The van der Waals surface area contributed by atoms with Gasteiger partial charge < -0.3 is 10.4 Å². The highest BCUT2D eigenvalue weighted by Crippen LogP contribution is 2.21. The van der Waals surface area contributed by atoms with Crippen LogP contribution in [-0.4, -0.2) is 5.11 Å². The maximum atomic E-state index is 13.1. The van der Waals surface area contributed by atoms with Gasteiger partial charge in [0.25, 0.3) is 0 Å². The van der Waals surface area contributed by atoms with Gasteiger partial charge in [0, 0.05) is 16.7 Å². The first kappa shape index (κ1) is 12.9. The molecule has 2 nitrogen and oxygen atoms in total. The van der Waals surface area contributed by atoms with E-state index in [4.69, 9.17) is 5.11 Å². The molecular formula is C14H13BrFNO. The van der Waals surface area contributed by atoms with E-state index in [1.54, 1.807) is 6.07 Å². The van der Waals surface area contributed by atoms with Crippen LogP contribution in [0.3, 0.4) is 0 Å². The molecule has 0 spiro atoms. The topological polar surface area (TPSA) is 32.3 Å². The molecule has 0 unspecified atom stereocenters. The third kappa shape index (κ3) is 3.23. The van der Waals surface area contributed by atoms with E-state index in [1.807, 2.05) is 25.1 Å². The molecule has 2 rings (SSSR count). The second-order valence-corrected chi connectivity index (χ2v) is 5.07. The van der Waals surface area contributed by atoms with Gasteiger partial charge in [-0.3, -0.25) is 0 Å². The highest BCUT2D eigenvalue weighted by atomic mass is 79.9. The van der Waals surface area contributed by atoms with Gasteiger partial charge in [0.2, 0.25) is 0 Å². The number of phenols is 1. The summed E-state index contributed by atoms with van der Waals surface area (Å²) >= 11 is 3.43. The lowest BCUT2D eigenvalue weighted by atomic mass is 10.2. The number of aromatic hydroxyl groups is 1. The normalized spacial score (nSPS) is 10.4. The van der Waals surface area contributed by atoms with Crippen LogP contribution in [0, 0.1) is 12.7 Å². The summed E-state index contributed by atoms with van der Waals surface area (Å²) in [5.74, 6) is -0.920. The molecule has 0 fully saturated rings. The van der Waals surface area contributed by atoms with Crippen molar-refractivity contribution in [2.24, 2.45) is 0 Å². The Kier molecular flexibility index (Phi) is 3.87. The largest absolute Gasteiger partial charge is 0.505 e. The molecule has 4 heteroatoms. The minimum atomic E-state index is -0.597. The zero-order chi connectivity index (χ0) is 13.1. The van der Waals surface area contributed by atoms with Crippen molar-refractivity contribution >= 4 is 21.6 Å². The van der Waals surface area contributed by atoms with Gasteiger partial charge in [0.05, 0.1) is 0 Å². The monoisotopic (exact) mass is 309 g/mol. The van der Waals surface area contributed by atoms with Crippen molar-refractivity contribution in [3.63, 3.8) is 0 Å². The maximum Gasteiger partial charge on any atom is 0.165 e. The molecule has 2 aromatic rings. The molecule has 0 radical (unpaired) electrons. The van der Waals surface area contributed by atoms with Crippen LogP contribution >= 0.6 is 15.9 Å². The van der Waals surface area contributed by atoms with Crippen molar-refractivity contribution in [2.75, 3.05) is 5.32 Å². The number of halogens is 2. The zero-order valence-electron chi connectivity index (χ0n) is 9.87. The molecule has 0 amide bonds. The fraction of sp³-hybridized carbons (Fsp3) is 0.143. The summed E-state index contributed by atoms with van der Waals surface area (Å²) in [6.07, 6.45) is 0. The fourth-order valence-corrected chi connectivity index (χ4v) is 2.31. The number of aryl methyl sites for hydroxylation is 1. The molecule has 2 aromatic carbocycles. The Bertz CT molecular complexity index is 551. The first-order valence-electron chi connectivity index (χ1n) is 5.53. The minimum absolute atomic E-state index is 0.322. The molecule has 2 N–H and O–H groups in total. The Balaban J connectivity index is 2.08. The van der Waals surface area contributed by atoms with Crippen LogP contribution in [-0.2, 0) is 6.54 Å². The number of nitrogens with one attached hydrogen (secondary N) is 1. The van der Waals surface area contributed by atoms with Gasteiger partial charge >= 0.3 is 0 Å². The number of hydrogen-bond donors (Lipinski definition) is 2. The summed E-state index contributed by atoms with van der Waals surface area (Å²) in [6, 6.07) is 10.4. The maximum absolute atomic E-state index is 13.1. The van der Waals surface area contributed by atoms with E-state index < -0.39 is 5.82 Å². The Hall–Kier alpha value is -1.55. The lowest BCUT2D eigenvalue weighted by Crippen LogP contribution is -2.00. The molecule has 0 saturated heterocycles. The summed E-state index contributed by atoms with van der Waals surface area (Å²) in [5, 5.41) is 12.3. The van der Waals surface area contributed by atoms with Crippen molar-refractivity contribution in [3.05, 3.63) is 57.8 Å². The minimum Gasteiger partial charge on any atom is -0.505 e. The number of phenolic OH excluding ortho intramolecular Hbond substituents is 1. The smallest absolute Gasteiger partial charge is 0.165 e. The van der Waals surface area contributed by atoms with Crippen molar-refractivity contribution in [3.8, 4) is 5.75 Å². The van der Waals surface area contributed by atoms with Crippen molar-refractivity contribution in [1.82, 2.24) is 0 Å². The second kappa shape index (κ2) is 5.40. The van der Waals surface area contributed by atoms with Crippen LogP contribution in [0.5, 0.6) is 5.75 Å². The quantitative estimate of drug-likeness (QED) is 0.890. The van der Waals surface area contributed by atoms with E-state index in [0.29, 0.717) is 6.54 Å². The van der Waals surface area contributed by atoms with Crippen LogP contribution in [0.15, 0.2) is 40.9 Å². The van der Waals surface area contributed by atoms with Crippen LogP contribution < -0.4 is 5.32 Å². The van der Waals surface area contributed by atoms with Gasteiger partial charge in [-0.2, -0.15) is 0 Å². The molecule has 94 valence electrons. The van der Waals surface area contributed by atoms with Crippen LogP contribution in [0.4, 0.5) is 10.1 Å². The molecule has 0 aliphatic heterocycles. The molecule has 0 aliphatic carbocycles. The number of rotatable bonds is 3. The number of anilines is 1. The second-order valence-electron chi connectivity index (χ2n) is 4.16. The first-order chi connectivity index (χ1) is 8.54. The van der Waals surface area contributed by atoms with E-state index in [1.165, 1.54) is 12.1 Å². The Morgan fingerprint density at radius 3 is 2.67 bits per heavy atom. The first-order valence-corrected chi connectivity index (χ1v) is 6.32. The predicted octanol–water partition coefficient (Wildman–Crippen LogP) is 4.21. The van der Waals surface area contributed by atoms with Gasteiger partial charge in [0.1, 0.15) is 0 Å². The molecular weight excluding hydrogens is 297 g/mol. The molecule has 0 bridgehead atoms. The van der Waals surface area contributed by atoms with Gasteiger partial charge in [-0.05, 0) is 48.4 Å². The average molecular weight is 310 g/mol. The summed E-state index contributed by atoms with van der Waals surface area (Å²) in [4.78, 5) is 0. The van der Waals surface area contributed by atoms with Crippen molar-refractivity contribution in [2.45, 2.75) is 13.5 Å². The lowest BCUT2D eigenvalue weighted by Gasteiger charge is -2.08. The van der Waals surface area contributed by atoms with Gasteiger partial charge in [-0.15, -0.1) is 0 Å². The van der Waals surface area contributed by atoms with Crippen LogP contribution in [0.1, 0.15) is 11.1 Å². The molecule has 0 heterocycles. The molecule has 0 aromatic heterocycles. The highest BCUT2D eigenvalue weighted by Gasteiger charge is 2.02. The standard InChI is InChI=1S/C14H13BrFNO/c1-9-4-11(15)7-12(5-9)17-8-10-2-3-14(18)13(16)6-10/h2-7,17-18H,8H2,1H3.